The first-order chi connectivity index (χ1) is 18.9. The number of H-pyrrole nitrogens is 1. The number of aromatic nitrogens is 1. The Morgan fingerprint density at radius 3 is 2.23 bits per heavy atom. The summed E-state index contributed by atoms with van der Waals surface area (Å²) in [6.45, 7) is 3.19. The van der Waals surface area contributed by atoms with Crippen LogP contribution in [0.2, 0.25) is 0 Å². The molecule has 12 N–H and O–H groups in total. The highest BCUT2D eigenvalue weighted by atomic mass is 16.4. The monoisotopic (exact) mass is 560 g/mol. The summed E-state index contributed by atoms with van der Waals surface area (Å²) in [4.78, 5) is 57.8. The number of fused-ring (bicyclic) bond motifs is 1. The number of carbonyl (C=O) groups is 4. The molecule has 0 aliphatic carbocycles. The van der Waals surface area contributed by atoms with Gasteiger partial charge in [0.05, 0.1) is 12.6 Å². The van der Waals surface area contributed by atoms with Crippen LogP contribution in [0.4, 0.5) is 0 Å². The van der Waals surface area contributed by atoms with E-state index in [0.717, 1.165) is 10.9 Å². The second kappa shape index (κ2) is 15.4. The van der Waals surface area contributed by atoms with Gasteiger partial charge in [-0.3, -0.25) is 19.4 Å². The molecule has 14 nitrogen and oxygen atoms in total. The number of carboxylic acids is 1. The SMILES string of the molecule is CC(C)CC(N)C(=O)NC(CCCN=C(N)N)C(=O)NC(Cc1c[nH]c2ccccc12)C(=O)NC(CO)C(=O)O. The maximum atomic E-state index is 13.4. The molecule has 0 radical (unpaired) electrons. The summed E-state index contributed by atoms with van der Waals surface area (Å²) in [5.41, 5.74) is 18.2. The summed E-state index contributed by atoms with van der Waals surface area (Å²) in [5, 5.41) is 27.0. The molecule has 2 aromatic rings. The number of guanidine groups is 1. The zero-order valence-corrected chi connectivity index (χ0v) is 22.7. The fourth-order valence-corrected chi connectivity index (χ4v) is 4.13. The molecule has 0 bridgehead atoms. The molecule has 0 aliphatic rings. The van der Waals surface area contributed by atoms with E-state index < -0.39 is 54.5 Å². The van der Waals surface area contributed by atoms with Gasteiger partial charge in [0.25, 0.3) is 0 Å². The second-order valence-corrected chi connectivity index (χ2v) is 9.95. The third kappa shape index (κ3) is 9.85. The lowest BCUT2D eigenvalue weighted by molar-refractivity contribution is -0.143. The third-order valence-corrected chi connectivity index (χ3v) is 6.17. The number of hydrogen-bond donors (Lipinski definition) is 9. The molecule has 0 saturated heterocycles. The van der Waals surface area contributed by atoms with E-state index in [0.29, 0.717) is 18.4 Å². The van der Waals surface area contributed by atoms with Crippen molar-refractivity contribution < 1.29 is 29.4 Å². The quantitative estimate of drug-likeness (QED) is 0.0669. The first-order valence-corrected chi connectivity index (χ1v) is 13.0. The van der Waals surface area contributed by atoms with Crippen molar-refractivity contribution >= 4 is 40.6 Å². The van der Waals surface area contributed by atoms with E-state index in [1.807, 2.05) is 38.1 Å². The Hall–Kier alpha value is -4.17. The number of carbonyl (C=O) groups excluding carboxylic acids is 3. The average Bonchev–Trinajstić information content (AvgIpc) is 3.30. The molecular weight excluding hydrogens is 520 g/mol. The zero-order chi connectivity index (χ0) is 29.8. The predicted molar refractivity (Wildman–Crippen MR) is 150 cm³/mol. The van der Waals surface area contributed by atoms with Crippen molar-refractivity contribution in [2.24, 2.45) is 28.1 Å². The molecule has 0 aliphatic heterocycles. The Morgan fingerprint density at radius 2 is 1.60 bits per heavy atom. The Kier molecular flexibility index (Phi) is 12.4. The second-order valence-electron chi connectivity index (χ2n) is 9.95. The summed E-state index contributed by atoms with van der Waals surface area (Å²) in [7, 11) is 0. The van der Waals surface area contributed by atoms with Crippen LogP contribution in [0.3, 0.4) is 0 Å². The van der Waals surface area contributed by atoms with Crippen LogP contribution in [-0.2, 0) is 25.6 Å². The van der Waals surface area contributed by atoms with Crippen molar-refractivity contribution in [2.75, 3.05) is 13.2 Å². The van der Waals surface area contributed by atoms with Crippen LogP contribution in [0.15, 0.2) is 35.5 Å². The third-order valence-electron chi connectivity index (χ3n) is 6.17. The van der Waals surface area contributed by atoms with Crippen molar-refractivity contribution in [2.45, 2.75) is 63.7 Å². The summed E-state index contributed by atoms with van der Waals surface area (Å²) < 4.78 is 0. The van der Waals surface area contributed by atoms with E-state index in [2.05, 4.69) is 25.9 Å². The van der Waals surface area contributed by atoms with E-state index in [1.54, 1.807) is 6.20 Å². The molecule has 1 aromatic heterocycles. The molecule has 4 atom stereocenters. The minimum Gasteiger partial charge on any atom is -0.480 e. The van der Waals surface area contributed by atoms with Gasteiger partial charge < -0.3 is 48.3 Å². The van der Waals surface area contributed by atoms with Gasteiger partial charge in [0.15, 0.2) is 5.96 Å². The summed E-state index contributed by atoms with van der Waals surface area (Å²) >= 11 is 0. The molecule has 0 saturated carbocycles. The van der Waals surface area contributed by atoms with Crippen LogP contribution in [0.5, 0.6) is 0 Å². The van der Waals surface area contributed by atoms with Gasteiger partial charge in [-0.2, -0.15) is 0 Å². The number of nitrogens with zero attached hydrogens (tertiary/aromatic N) is 1. The first kappa shape index (κ1) is 32.0. The maximum Gasteiger partial charge on any atom is 0.328 e. The highest BCUT2D eigenvalue weighted by Crippen LogP contribution is 2.19. The number of amides is 3. The van der Waals surface area contributed by atoms with E-state index in [4.69, 9.17) is 17.2 Å². The summed E-state index contributed by atoms with van der Waals surface area (Å²) in [6, 6.07) is 2.62. The van der Waals surface area contributed by atoms with Gasteiger partial charge in [-0.1, -0.05) is 32.0 Å². The van der Waals surface area contributed by atoms with Gasteiger partial charge in [-0.05, 0) is 36.8 Å². The number of para-hydroxylation sites is 1. The molecule has 4 unspecified atom stereocenters. The minimum absolute atomic E-state index is 0.000877. The normalized spacial score (nSPS) is 14.1. The largest absolute Gasteiger partial charge is 0.480 e. The van der Waals surface area contributed by atoms with Crippen molar-refractivity contribution in [1.29, 1.82) is 0 Å². The van der Waals surface area contributed by atoms with Gasteiger partial charge in [-0.25, -0.2) is 4.79 Å². The van der Waals surface area contributed by atoms with Crippen molar-refractivity contribution in [3.63, 3.8) is 0 Å². The van der Waals surface area contributed by atoms with Crippen molar-refractivity contribution in [3.05, 3.63) is 36.0 Å². The predicted octanol–water partition coefficient (Wildman–Crippen LogP) is -1.33. The minimum atomic E-state index is -1.57. The summed E-state index contributed by atoms with van der Waals surface area (Å²) in [6.07, 6.45) is 2.56. The number of aliphatic carboxylic acids is 1. The molecule has 40 heavy (non-hydrogen) atoms. The lowest BCUT2D eigenvalue weighted by Gasteiger charge is -2.25. The van der Waals surface area contributed by atoms with Crippen LogP contribution in [-0.4, -0.2) is 82.2 Å². The number of carboxylic acid groups (broad SMARTS) is 1. The number of rotatable bonds is 16. The van der Waals surface area contributed by atoms with Crippen LogP contribution >= 0.6 is 0 Å². The van der Waals surface area contributed by atoms with Gasteiger partial charge in [-0.15, -0.1) is 0 Å². The number of aliphatic hydroxyl groups is 1. The summed E-state index contributed by atoms with van der Waals surface area (Å²) in [5.74, 6) is -3.42. The fourth-order valence-electron chi connectivity index (χ4n) is 4.13. The van der Waals surface area contributed by atoms with Crippen LogP contribution in [0, 0.1) is 5.92 Å². The van der Waals surface area contributed by atoms with Crippen molar-refractivity contribution in [3.8, 4) is 0 Å². The number of hydrogen-bond acceptors (Lipinski definition) is 7. The molecule has 3 amide bonds. The Bertz CT molecular complexity index is 1190. The fraction of sp³-hybridized carbons (Fsp3) is 0.500. The number of aromatic amines is 1. The van der Waals surface area contributed by atoms with E-state index >= 15 is 0 Å². The number of nitrogens with two attached hydrogens (primary N) is 3. The number of aliphatic imine (C=N–C) groups is 1. The Morgan fingerprint density at radius 1 is 0.975 bits per heavy atom. The smallest absolute Gasteiger partial charge is 0.328 e. The van der Waals surface area contributed by atoms with Crippen molar-refractivity contribution in [1.82, 2.24) is 20.9 Å². The standard InChI is InChI=1S/C26H40N8O6/c1-14(2)10-17(27)22(36)32-19(8-5-9-30-26(28)29)23(37)33-20(24(38)34-21(13-35)25(39)40)11-15-12-31-18-7-4-3-6-16(15)18/h3-4,6-7,12,14,17,19-21,31,35H,5,8-11,13,27H2,1-2H3,(H,32,36)(H,33,37)(H,34,38)(H,39,40)(H4,28,29,30). The van der Waals surface area contributed by atoms with Crippen LogP contribution in [0.1, 0.15) is 38.7 Å². The first-order valence-electron chi connectivity index (χ1n) is 13.0. The molecule has 0 fully saturated rings. The number of aliphatic hydroxyl groups excluding tert-OH is 1. The van der Waals surface area contributed by atoms with Crippen LogP contribution in [0.25, 0.3) is 10.9 Å². The lowest BCUT2D eigenvalue weighted by atomic mass is 10.0. The van der Waals surface area contributed by atoms with Crippen LogP contribution < -0.4 is 33.2 Å². The van der Waals surface area contributed by atoms with Gasteiger partial charge in [0.1, 0.15) is 18.1 Å². The van der Waals surface area contributed by atoms with Gasteiger partial charge in [0.2, 0.25) is 17.7 Å². The zero-order valence-electron chi connectivity index (χ0n) is 22.7. The van der Waals surface area contributed by atoms with E-state index in [1.165, 1.54) is 0 Å². The highest BCUT2D eigenvalue weighted by Gasteiger charge is 2.31. The average molecular weight is 561 g/mol. The molecule has 1 heterocycles. The molecule has 220 valence electrons. The van der Waals surface area contributed by atoms with E-state index in [9.17, 15) is 29.4 Å². The van der Waals surface area contributed by atoms with Gasteiger partial charge >= 0.3 is 5.97 Å². The highest BCUT2D eigenvalue weighted by molar-refractivity contribution is 5.95. The topological polar surface area (TPSA) is 251 Å². The number of benzene rings is 1. The maximum absolute atomic E-state index is 13.4. The molecule has 2 rings (SSSR count). The van der Waals surface area contributed by atoms with Gasteiger partial charge in [0, 0.05) is 30.1 Å². The number of nitrogens with one attached hydrogen (secondary N) is 4. The molecule has 1 aromatic carbocycles. The Labute approximate surface area is 232 Å². The Balaban J connectivity index is 2.30. The lowest BCUT2D eigenvalue weighted by Crippen LogP contribution is -2.58. The molecular formula is C26H40N8O6. The molecule has 14 heteroatoms. The van der Waals surface area contributed by atoms with E-state index in [-0.39, 0.29) is 31.3 Å². The molecule has 0 spiro atoms.